The van der Waals surface area contributed by atoms with Gasteiger partial charge in [-0.15, -0.1) is 0 Å². The van der Waals surface area contributed by atoms with Gasteiger partial charge in [0.15, 0.2) is 0 Å². The summed E-state index contributed by atoms with van der Waals surface area (Å²) in [5.41, 5.74) is 0. The first kappa shape index (κ1) is 53.7. The second-order valence-corrected chi connectivity index (χ2v) is 17.8. The van der Waals surface area contributed by atoms with Gasteiger partial charge in [0.2, 0.25) is 0 Å². The second kappa shape index (κ2) is 39.5. The molecule has 0 aromatic heterocycles. The van der Waals surface area contributed by atoms with Gasteiger partial charge in [0.05, 0.1) is 34.4 Å². The summed E-state index contributed by atoms with van der Waals surface area (Å²) >= 11 is 0. The van der Waals surface area contributed by atoms with Gasteiger partial charge in [-0.2, -0.15) is 0 Å². The Hall–Kier alpha value is -1.28. The number of likely N-dealkylation sites (N-methyl/N-ethyl adjacent to an activating group) is 1. The quantitative estimate of drug-likeness (QED) is 0.0200. The number of esters is 1. The van der Waals surface area contributed by atoms with Crippen molar-refractivity contribution in [2.75, 3.05) is 54.1 Å². The first-order valence-corrected chi connectivity index (χ1v) is 24.2. The van der Waals surface area contributed by atoms with E-state index in [2.05, 4.69) is 50.3 Å². The number of carbonyl (C=O) groups excluding carboxylic acids is 1. The highest BCUT2D eigenvalue weighted by Gasteiger charge is 2.20. The lowest BCUT2D eigenvalue weighted by atomic mass is 10.1. The fourth-order valence-electron chi connectivity index (χ4n) is 6.10. The van der Waals surface area contributed by atoms with E-state index < -0.39 is 13.9 Å². The number of quaternary nitrogens is 1. The first-order valence-electron chi connectivity index (χ1n) is 22.7. The van der Waals surface area contributed by atoms with Crippen molar-refractivity contribution in [1.29, 1.82) is 0 Å². The molecule has 0 amide bonds. The van der Waals surface area contributed by atoms with Gasteiger partial charge in [-0.1, -0.05) is 153 Å². The van der Waals surface area contributed by atoms with Gasteiger partial charge < -0.3 is 27.9 Å². The Labute approximate surface area is 340 Å². The number of carbonyl (C=O) groups is 1. The van der Waals surface area contributed by atoms with Crippen molar-refractivity contribution >= 4 is 13.8 Å². The molecule has 2 atom stereocenters. The lowest BCUT2D eigenvalue weighted by Gasteiger charge is -2.28. The molecule has 0 heterocycles. The lowest BCUT2D eigenvalue weighted by molar-refractivity contribution is -0.870. The van der Waals surface area contributed by atoms with Crippen LogP contribution >= 0.6 is 7.82 Å². The van der Waals surface area contributed by atoms with Gasteiger partial charge in [-0.3, -0.25) is 9.36 Å². The zero-order valence-corrected chi connectivity index (χ0v) is 37.5. The Kier molecular flexibility index (Phi) is 38.6. The smallest absolute Gasteiger partial charge is 0.306 e. The van der Waals surface area contributed by atoms with Crippen LogP contribution in [-0.2, 0) is 27.9 Å². The summed E-state index contributed by atoms with van der Waals surface area (Å²) in [7, 11) is 1.35. The zero-order chi connectivity index (χ0) is 40.6. The van der Waals surface area contributed by atoms with Crippen molar-refractivity contribution in [3.8, 4) is 0 Å². The van der Waals surface area contributed by atoms with E-state index in [1.165, 1.54) is 122 Å². The minimum Gasteiger partial charge on any atom is -0.756 e. The van der Waals surface area contributed by atoms with E-state index >= 15 is 0 Å². The van der Waals surface area contributed by atoms with E-state index in [-0.39, 0.29) is 25.8 Å². The van der Waals surface area contributed by atoms with E-state index in [4.69, 9.17) is 18.5 Å². The molecule has 0 N–H and O–H groups in total. The topological polar surface area (TPSA) is 94.1 Å². The lowest BCUT2D eigenvalue weighted by Crippen LogP contribution is -2.37. The van der Waals surface area contributed by atoms with Crippen LogP contribution < -0.4 is 4.89 Å². The van der Waals surface area contributed by atoms with Crippen LogP contribution in [0, 0.1) is 0 Å². The Morgan fingerprint density at radius 2 is 1.00 bits per heavy atom. The van der Waals surface area contributed by atoms with E-state index in [1.54, 1.807) is 0 Å². The molecule has 2 unspecified atom stereocenters. The number of phosphoric ester groups is 1. The summed E-state index contributed by atoms with van der Waals surface area (Å²) in [4.78, 5) is 25.0. The Morgan fingerprint density at radius 1 is 0.564 bits per heavy atom. The number of ether oxygens (including phenoxy) is 2. The SMILES string of the molecule is CCCCC/C=C\C/C=C\CCCCCCCCCCCCOCC(COP(=O)([O-])OCC[N+](C)(C)C)OC(=O)CCCCCCC/C=C\CCCCCC. The molecular weight excluding hydrogens is 709 g/mol. The van der Waals surface area contributed by atoms with Crippen LogP contribution in [-0.4, -0.2) is 70.7 Å². The molecule has 55 heavy (non-hydrogen) atoms. The molecule has 0 aliphatic carbocycles. The number of hydrogen-bond donors (Lipinski definition) is 0. The third-order valence-electron chi connectivity index (χ3n) is 9.66. The summed E-state index contributed by atoms with van der Waals surface area (Å²) in [5.74, 6) is -0.344. The predicted octanol–water partition coefficient (Wildman–Crippen LogP) is 12.8. The number of phosphoric acid groups is 1. The average molecular weight is 798 g/mol. The summed E-state index contributed by atoms with van der Waals surface area (Å²) in [5, 5.41) is 0. The minimum atomic E-state index is -4.53. The Bertz CT molecular complexity index is 978. The van der Waals surface area contributed by atoms with Crippen LogP contribution in [0.3, 0.4) is 0 Å². The van der Waals surface area contributed by atoms with Crippen LogP contribution in [0.4, 0.5) is 0 Å². The molecule has 0 saturated carbocycles. The molecule has 0 aliphatic heterocycles. The van der Waals surface area contributed by atoms with E-state index in [0.29, 0.717) is 24.1 Å². The Morgan fingerprint density at radius 3 is 1.53 bits per heavy atom. The molecular formula is C46H88NO7P. The number of nitrogens with zero attached hydrogens (tertiary/aromatic N) is 1. The number of hydrogen-bond acceptors (Lipinski definition) is 7. The molecule has 0 aromatic rings. The summed E-state index contributed by atoms with van der Waals surface area (Å²) in [6, 6.07) is 0. The van der Waals surface area contributed by atoms with E-state index in [9.17, 15) is 14.3 Å². The summed E-state index contributed by atoms with van der Waals surface area (Å²) in [6.07, 6.45) is 45.8. The summed E-state index contributed by atoms with van der Waals surface area (Å²) in [6.45, 7) is 5.36. The summed E-state index contributed by atoms with van der Waals surface area (Å²) < 4.78 is 34.6. The molecule has 0 aliphatic rings. The number of rotatable bonds is 42. The molecule has 0 rings (SSSR count). The molecule has 0 saturated heterocycles. The molecule has 8 nitrogen and oxygen atoms in total. The van der Waals surface area contributed by atoms with Gasteiger partial charge >= 0.3 is 5.97 Å². The molecule has 0 fully saturated rings. The number of allylic oxidation sites excluding steroid dienone is 6. The molecule has 0 spiro atoms. The maximum atomic E-state index is 12.7. The highest BCUT2D eigenvalue weighted by atomic mass is 31.2. The highest BCUT2D eigenvalue weighted by molar-refractivity contribution is 7.45. The normalized spacial score (nSPS) is 14.1. The van der Waals surface area contributed by atoms with Crippen LogP contribution in [0.2, 0.25) is 0 Å². The van der Waals surface area contributed by atoms with Crippen molar-refractivity contribution < 1.29 is 37.3 Å². The van der Waals surface area contributed by atoms with Gasteiger partial charge in [-0.25, -0.2) is 0 Å². The van der Waals surface area contributed by atoms with Crippen LogP contribution in [0.15, 0.2) is 36.5 Å². The van der Waals surface area contributed by atoms with Crippen molar-refractivity contribution in [1.82, 2.24) is 0 Å². The fourth-order valence-corrected chi connectivity index (χ4v) is 6.83. The maximum Gasteiger partial charge on any atom is 0.306 e. The average Bonchev–Trinajstić information content (AvgIpc) is 3.13. The molecule has 0 radical (unpaired) electrons. The van der Waals surface area contributed by atoms with E-state index in [1.807, 2.05) is 21.1 Å². The van der Waals surface area contributed by atoms with Crippen LogP contribution in [0.5, 0.6) is 0 Å². The Balaban J connectivity index is 4.18. The van der Waals surface area contributed by atoms with Gasteiger partial charge in [0.1, 0.15) is 19.3 Å². The third-order valence-corrected chi connectivity index (χ3v) is 10.6. The predicted molar refractivity (Wildman–Crippen MR) is 231 cm³/mol. The van der Waals surface area contributed by atoms with Crippen molar-refractivity contribution in [3.63, 3.8) is 0 Å². The van der Waals surface area contributed by atoms with Crippen LogP contribution in [0.25, 0.3) is 0 Å². The second-order valence-electron chi connectivity index (χ2n) is 16.4. The zero-order valence-electron chi connectivity index (χ0n) is 36.6. The molecule has 9 heteroatoms. The number of unbranched alkanes of at least 4 members (excludes halogenated alkanes) is 22. The standard InChI is InChI=1S/C46H88NO7P/c1-6-8-10-12-14-16-18-20-21-22-23-24-25-26-28-30-32-34-36-38-41-51-43-45(44-53-55(49,50)52-42-40-47(3,4)5)54-46(48)39-37-35-33-31-29-27-19-17-15-13-11-9-7-2/h14,16-17,19-21,45H,6-13,15,18,22-44H2,1-5H3/b16-14-,19-17-,21-20-. The molecule has 0 bridgehead atoms. The van der Waals surface area contributed by atoms with Gasteiger partial charge in [0.25, 0.3) is 7.82 Å². The molecule has 0 aromatic carbocycles. The highest BCUT2D eigenvalue weighted by Crippen LogP contribution is 2.38. The van der Waals surface area contributed by atoms with Crippen LogP contribution in [0.1, 0.15) is 194 Å². The largest absolute Gasteiger partial charge is 0.756 e. The monoisotopic (exact) mass is 798 g/mol. The van der Waals surface area contributed by atoms with Crippen molar-refractivity contribution in [2.24, 2.45) is 0 Å². The fraction of sp³-hybridized carbons (Fsp3) is 0.848. The minimum absolute atomic E-state index is 0.0239. The van der Waals surface area contributed by atoms with Gasteiger partial charge in [-0.05, 0) is 70.6 Å². The van der Waals surface area contributed by atoms with Crippen molar-refractivity contribution in [2.45, 2.75) is 200 Å². The van der Waals surface area contributed by atoms with Crippen molar-refractivity contribution in [3.05, 3.63) is 36.5 Å². The maximum absolute atomic E-state index is 12.7. The van der Waals surface area contributed by atoms with E-state index in [0.717, 1.165) is 51.4 Å². The third kappa shape index (κ3) is 43.7. The molecule has 324 valence electrons. The first-order chi connectivity index (χ1) is 26.6. The van der Waals surface area contributed by atoms with Gasteiger partial charge in [0, 0.05) is 13.0 Å².